The van der Waals surface area contributed by atoms with E-state index in [1.54, 1.807) is 7.05 Å². The van der Waals surface area contributed by atoms with Gasteiger partial charge in [-0.25, -0.2) is 12.8 Å². The second-order valence-corrected chi connectivity index (χ2v) is 7.08. The van der Waals surface area contributed by atoms with Crippen LogP contribution in [0.25, 0.3) is 0 Å². The molecule has 1 aromatic carbocycles. The van der Waals surface area contributed by atoms with Crippen molar-refractivity contribution < 1.29 is 22.3 Å². The fourth-order valence-corrected chi connectivity index (χ4v) is 2.77. The zero-order valence-electron chi connectivity index (χ0n) is 10.7. The van der Waals surface area contributed by atoms with Crippen molar-refractivity contribution in [2.24, 2.45) is 0 Å². The first-order valence-electron chi connectivity index (χ1n) is 5.90. The molecule has 20 heavy (non-hydrogen) atoms. The van der Waals surface area contributed by atoms with Gasteiger partial charge in [0.2, 0.25) is 0 Å². The van der Waals surface area contributed by atoms with Crippen LogP contribution in [-0.2, 0) is 13.8 Å². The Morgan fingerprint density at radius 1 is 1.50 bits per heavy atom. The smallest absolute Gasteiger partial charge is 0.261 e. The summed E-state index contributed by atoms with van der Waals surface area (Å²) in [6.45, 7) is 0.978. The van der Waals surface area contributed by atoms with Crippen molar-refractivity contribution in [3.05, 3.63) is 29.6 Å². The average Bonchev–Trinajstić information content (AvgIpc) is 2.89. The van der Waals surface area contributed by atoms with E-state index in [-0.39, 0.29) is 16.5 Å². The minimum absolute atomic E-state index is 0.0988. The molecule has 1 amide bonds. The first kappa shape index (κ1) is 15.2. The van der Waals surface area contributed by atoms with Gasteiger partial charge >= 0.3 is 0 Å². The summed E-state index contributed by atoms with van der Waals surface area (Å²) in [5.74, 6) is -1.43. The highest BCUT2D eigenvalue weighted by Crippen LogP contribution is 2.21. The minimum atomic E-state index is -4.02. The van der Waals surface area contributed by atoms with Crippen LogP contribution in [0.2, 0.25) is 0 Å². The molecule has 1 fully saturated rings. The first-order valence-corrected chi connectivity index (χ1v) is 8.21. The van der Waals surface area contributed by atoms with Gasteiger partial charge in [-0.15, -0.1) is 0 Å². The molecule has 0 radical (unpaired) electrons. The Morgan fingerprint density at radius 3 is 2.70 bits per heavy atom. The maximum Gasteiger partial charge on any atom is 0.261 e. The lowest BCUT2D eigenvalue weighted by Gasteiger charge is -2.23. The number of amides is 1. The number of ether oxygens (including phenoxy) is 1. The van der Waals surface area contributed by atoms with Crippen LogP contribution in [0.3, 0.4) is 0 Å². The molecule has 1 aliphatic heterocycles. The fourth-order valence-electron chi connectivity index (χ4n) is 2.00. The molecule has 1 atom stereocenters. The van der Waals surface area contributed by atoms with Crippen molar-refractivity contribution in [2.45, 2.75) is 17.4 Å². The third-order valence-electron chi connectivity index (χ3n) is 3.23. The Bertz CT molecular complexity index is 628. The van der Waals surface area contributed by atoms with E-state index >= 15 is 0 Å². The van der Waals surface area contributed by atoms with Gasteiger partial charge in [-0.3, -0.25) is 4.79 Å². The molecular formula is C12H13ClFNO4S. The Kier molecular flexibility index (Phi) is 4.31. The normalized spacial score (nSPS) is 19.1. The van der Waals surface area contributed by atoms with Crippen LogP contribution in [0.4, 0.5) is 4.39 Å². The van der Waals surface area contributed by atoms with Crippen LogP contribution in [-0.4, -0.2) is 45.5 Å². The van der Waals surface area contributed by atoms with Gasteiger partial charge in [-0.1, -0.05) is 0 Å². The molecule has 0 aromatic heterocycles. The van der Waals surface area contributed by atoms with Gasteiger partial charge in [0, 0.05) is 24.3 Å². The Morgan fingerprint density at radius 2 is 2.20 bits per heavy atom. The van der Waals surface area contributed by atoms with Crippen molar-refractivity contribution in [3.63, 3.8) is 0 Å². The molecule has 0 N–H and O–H groups in total. The van der Waals surface area contributed by atoms with E-state index < -0.39 is 20.8 Å². The van der Waals surface area contributed by atoms with E-state index in [4.69, 9.17) is 15.4 Å². The van der Waals surface area contributed by atoms with Gasteiger partial charge in [-0.2, -0.15) is 0 Å². The minimum Gasteiger partial charge on any atom is -0.379 e. The summed E-state index contributed by atoms with van der Waals surface area (Å²) in [4.78, 5) is 13.2. The Labute approximate surface area is 120 Å². The topological polar surface area (TPSA) is 63.7 Å². The van der Waals surface area contributed by atoms with Crippen LogP contribution in [0.1, 0.15) is 16.8 Å². The molecule has 0 spiro atoms. The first-order chi connectivity index (χ1) is 9.30. The molecule has 2 rings (SSSR count). The maximum absolute atomic E-state index is 13.9. The summed E-state index contributed by atoms with van der Waals surface area (Å²) < 4.78 is 41.2. The molecule has 1 aromatic rings. The largest absolute Gasteiger partial charge is 0.379 e. The SMILES string of the molecule is CN(C(=O)c1ccc(S(=O)(=O)Cl)cc1F)C1CCOC1. The van der Waals surface area contributed by atoms with E-state index in [9.17, 15) is 17.6 Å². The molecule has 0 bridgehead atoms. The number of nitrogens with zero attached hydrogens (tertiary/aromatic N) is 1. The van der Waals surface area contributed by atoms with Crippen LogP contribution in [0.15, 0.2) is 23.1 Å². The summed E-state index contributed by atoms with van der Waals surface area (Å²) in [6.07, 6.45) is 0.692. The Hall–Kier alpha value is -1.18. The van der Waals surface area contributed by atoms with Gasteiger partial charge in [0.05, 0.1) is 23.1 Å². The van der Waals surface area contributed by atoms with Crippen molar-refractivity contribution >= 4 is 25.6 Å². The number of hydrogen-bond acceptors (Lipinski definition) is 4. The van der Waals surface area contributed by atoms with E-state index in [1.165, 1.54) is 4.90 Å². The van der Waals surface area contributed by atoms with Crippen LogP contribution < -0.4 is 0 Å². The van der Waals surface area contributed by atoms with Crippen LogP contribution in [0.5, 0.6) is 0 Å². The maximum atomic E-state index is 13.9. The molecule has 8 heteroatoms. The van der Waals surface area contributed by atoms with E-state index in [0.29, 0.717) is 19.6 Å². The van der Waals surface area contributed by atoms with Gasteiger partial charge in [0.25, 0.3) is 15.0 Å². The zero-order valence-corrected chi connectivity index (χ0v) is 12.2. The number of halogens is 2. The predicted molar refractivity (Wildman–Crippen MR) is 70.8 cm³/mol. The highest BCUT2D eigenvalue weighted by Gasteiger charge is 2.27. The third kappa shape index (κ3) is 3.11. The van der Waals surface area contributed by atoms with Gasteiger partial charge in [-0.05, 0) is 24.6 Å². The van der Waals surface area contributed by atoms with Crippen LogP contribution in [0, 0.1) is 5.82 Å². The second-order valence-electron chi connectivity index (χ2n) is 4.51. The van der Waals surface area contributed by atoms with Crippen molar-refractivity contribution in [1.82, 2.24) is 4.90 Å². The quantitative estimate of drug-likeness (QED) is 0.794. The Balaban J connectivity index is 2.26. The molecular weight excluding hydrogens is 309 g/mol. The molecule has 110 valence electrons. The summed E-state index contributed by atoms with van der Waals surface area (Å²) in [7, 11) is 2.67. The van der Waals surface area contributed by atoms with Gasteiger partial charge < -0.3 is 9.64 Å². The lowest BCUT2D eigenvalue weighted by Crippen LogP contribution is -2.37. The number of rotatable bonds is 3. The van der Waals surface area contributed by atoms with E-state index in [1.807, 2.05) is 0 Å². The zero-order chi connectivity index (χ0) is 14.9. The average molecular weight is 322 g/mol. The molecule has 1 aliphatic rings. The summed E-state index contributed by atoms with van der Waals surface area (Å²) >= 11 is 0. The van der Waals surface area contributed by atoms with Crippen LogP contribution >= 0.6 is 10.7 Å². The van der Waals surface area contributed by atoms with Crippen molar-refractivity contribution in [3.8, 4) is 0 Å². The molecule has 1 unspecified atom stereocenters. The van der Waals surface area contributed by atoms with E-state index in [2.05, 4.69) is 0 Å². The van der Waals surface area contributed by atoms with Gasteiger partial charge in [0.15, 0.2) is 0 Å². The number of carbonyl (C=O) groups excluding carboxylic acids is 1. The third-order valence-corrected chi connectivity index (χ3v) is 4.58. The molecule has 1 heterocycles. The molecule has 1 saturated heterocycles. The summed E-state index contributed by atoms with van der Waals surface area (Å²) in [5, 5.41) is 0. The van der Waals surface area contributed by atoms with Crippen molar-refractivity contribution in [1.29, 1.82) is 0 Å². The highest BCUT2D eigenvalue weighted by molar-refractivity contribution is 8.13. The lowest BCUT2D eigenvalue weighted by molar-refractivity contribution is 0.0706. The number of hydrogen-bond donors (Lipinski definition) is 0. The number of carbonyl (C=O) groups is 1. The summed E-state index contributed by atoms with van der Waals surface area (Å²) in [6, 6.07) is 2.88. The molecule has 0 aliphatic carbocycles. The van der Waals surface area contributed by atoms with Crippen molar-refractivity contribution in [2.75, 3.05) is 20.3 Å². The number of benzene rings is 1. The molecule has 0 saturated carbocycles. The molecule has 5 nitrogen and oxygen atoms in total. The predicted octanol–water partition coefficient (Wildman–Crippen LogP) is 1.61. The fraction of sp³-hybridized carbons (Fsp3) is 0.417. The monoisotopic (exact) mass is 321 g/mol. The lowest BCUT2D eigenvalue weighted by atomic mass is 10.1. The highest BCUT2D eigenvalue weighted by atomic mass is 35.7. The number of likely N-dealkylation sites (N-methyl/N-ethyl adjacent to an activating group) is 1. The van der Waals surface area contributed by atoms with Gasteiger partial charge in [0.1, 0.15) is 5.82 Å². The van der Waals surface area contributed by atoms with E-state index in [0.717, 1.165) is 18.2 Å². The second kappa shape index (κ2) is 5.67. The standard InChI is InChI=1S/C12H13ClFNO4S/c1-15(8-4-5-19-7-8)12(16)10-3-2-9(6-11(10)14)20(13,17)18/h2-3,6,8H,4-5,7H2,1H3. The summed E-state index contributed by atoms with van der Waals surface area (Å²) in [5.41, 5.74) is -0.191.